The smallest absolute Gasteiger partial charge is 0.243 e. The molecule has 5 rings (SSSR count). The molecule has 2 unspecified atom stereocenters. The zero-order chi connectivity index (χ0) is 29.5. The molecule has 10 nitrogen and oxygen atoms in total. The van der Waals surface area contributed by atoms with Gasteiger partial charge in [0.15, 0.2) is 0 Å². The largest absolute Gasteiger partial charge is 0.369 e. The van der Waals surface area contributed by atoms with Crippen molar-refractivity contribution in [1.29, 1.82) is 0 Å². The molecule has 2 N–H and O–H groups in total. The standard InChI is InChI=1S/C32H51N7O3/c1-33-12-10-27(11-15-36-22-29(23-36)37-13-4-3-5-14-37)38-16-18-39(19-17-38)28-7-6-25(24-40)26(20-28)21-35(2)30-8-9-31(41)34-32(30)42/h6-7,20,24,27,29-30,33H,3-5,8-19,21-23H2,1-2H3,(H,34,41,42). The molecular weight excluding hydrogens is 530 g/mol. The average Bonchev–Trinajstić information content (AvgIpc) is 2.98. The van der Waals surface area contributed by atoms with Crippen molar-refractivity contribution in [2.24, 2.45) is 0 Å². The van der Waals surface area contributed by atoms with Crippen molar-refractivity contribution in [3.05, 3.63) is 29.3 Å². The van der Waals surface area contributed by atoms with E-state index in [1.807, 2.05) is 25.1 Å². The van der Waals surface area contributed by atoms with Crippen LogP contribution in [0.3, 0.4) is 0 Å². The van der Waals surface area contributed by atoms with Crippen molar-refractivity contribution in [2.45, 2.75) is 69.6 Å². The fourth-order valence-corrected chi connectivity index (χ4v) is 7.26. The summed E-state index contributed by atoms with van der Waals surface area (Å²) in [6, 6.07) is 7.07. The third-order valence-corrected chi connectivity index (χ3v) is 9.96. The number of amides is 2. The highest BCUT2D eigenvalue weighted by Gasteiger charge is 2.33. The number of rotatable bonds is 13. The van der Waals surface area contributed by atoms with E-state index in [9.17, 15) is 14.4 Å². The molecule has 1 aromatic carbocycles. The van der Waals surface area contributed by atoms with Crippen LogP contribution in [0.5, 0.6) is 0 Å². The van der Waals surface area contributed by atoms with Crippen molar-refractivity contribution in [1.82, 2.24) is 30.2 Å². The number of likely N-dealkylation sites (N-methyl/N-ethyl adjacent to an activating group) is 1. The monoisotopic (exact) mass is 581 g/mol. The first-order valence-electron chi connectivity index (χ1n) is 16.2. The van der Waals surface area contributed by atoms with Gasteiger partial charge >= 0.3 is 0 Å². The molecule has 4 fully saturated rings. The number of likely N-dealkylation sites (tertiary alicyclic amines) is 2. The number of anilines is 1. The summed E-state index contributed by atoms with van der Waals surface area (Å²) in [7, 11) is 3.94. The Hall–Kier alpha value is -2.37. The first-order chi connectivity index (χ1) is 20.4. The molecule has 2 amide bonds. The maximum atomic E-state index is 12.4. The van der Waals surface area contributed by atoms with E-state index in [0.717, 1.165) is 56.3 Å². The zero-order valence-electron chi connectivity index (χ0n) is 25.7. The Balaban J connectivity index is 1.13. The van der Waals surface area contributed by atoms with E-state index < -0.39 is 0 Å². The zero-order valence-corrected chi connectivity index (χ0v) is 25.7. The maximum Gasteiger partial charge on any atom is 0.243 e. The van der Waals surface area contributed by atoms with Crippen LogP contribution in [-0.2, 0) is 16.1 Å². The Kier molecular flexibility index (Phi) is 11.0. The summed E-state index contributed by atoms with van der Waals surface area (Å²) < 4.78 is 0. The SMILES string of the molecule is CNCCC(CCN1CC(N2CCCCC2)C1)N1CCN(c2ccc(C=O)c(CN(C)C3CCC(=O)NC3=O)c2)CC1. The molecule has 4 saturated heterocycles. The topological polar surface area (TPSA) is 91.5 Å². The number of aldehydes is 1. The summed E-state index contributed by atoms with van der Waals surface area (Å²) in [5, 5.41) is 5.81. The van der Waals surface area contributed by atoms with Gasteiger partial charge in [-0.05, 0) is 96.1 Å². The lowest BCUT2D eigenvalue weighted by Gasteiger charge is -2.47. The molecule has 0 aliphatic carbocycles. The number of carbonyl (C=O) groups excluding carboxylic acids is 3. The van der Waals surface area contributed by atoms with Crippen LogP contribution in [0.1, 0.15) is 60.9 Å². The second-order valence-corrected chi connectivity index (χ2v) is 12.8. The van der Waals surface area contributed by atoms with Crippen LogP contribution >= 0.6 is 0 Å². The first-order valence-corrected chi connectivity index (χ1v) is 16.2. The molecule has 4 aliphatic rings. The second-order valence-electron chi connectivity index (χ2n) is 12.8. The van der Waals surface area contributed by atoms with Crippen LogP contribution in [0, 0.1) is 0 Å². The predicted molar refractivity (Wildman–Crippen MR) is 166 cm³/mol. The van der Waals surface area contributed by atoms with Crippen LogP contribution in [0.25, 0.3) is 0 Å². The van der Waals surface area contributed by atoms with Crippen LogP contribution in [0.2, 0.25) is 0 Å². The van der Waals surface area contributed by atoms with E-state index in [4.69, 9.17) is 0 Å². The number of nitrogens with zero attached hydrogens (tertiary/aromatic N) is 5. The molecule has 0 spiro atoms. The Labute approximate surface area is 251 Å². The Morgan fingerprint density at radius 3 is 2.50 bits per heavy atom. The molecule has 42 heavy (non-hydrogen) atoms. The molecule has 4 heterocycles. The third kappa shape index (κ3) is 7.77. The first kappa shape index (κ1) is 31.1. The third-order valence-electron chi connectivity index (χ3n) is 9.96. The van der Waals surface area contributed by atoms with Crippen LogP contribution in [-0.4, -0.2) is 135 Å². The van der Waals surface area contributed by atoms with Crippen LogP contribution < -0.4 is 15.5 Å². The van der Waals surface area contributed by atoms with E-state index in [1.165, 1.54) is 64.8 Å². The predicted octanol–water partition coefficient (Wildman–Crippen LogP) is 1.40. The summed E-state index contributed by atoms with van der Waals surface area (Å²) in [4.78, 5) is 48.2. The lowest BCUT2D eigenvalue weighted by atomic mass is 10.0. The average molecular weight is 582 g/mol. The van der Waals surface area contributed by atoms with Crippen molar-refractivity contribution in [3.63, 3.8) is 0 Å². The Morgan fingerprint density at radius 2 is 1.81 bits per heavy atom. The highest BCUT2D eigenvalue weighted by molar-refractivity contribution is 6.00. The summed E-state index contributed by atoms with van der Waals surface area (Å²) in [6.07, 6.45) is 8.29. The number of benzene rings is 1. The molecule has 10 heteroatoms. The summed E-state index contributed by atoms with van der Waals surface area (Å²) >= 11 is 0. The van der Waals surface area contributed by atoms with Crippen molar-refractivity contribution < 1.29 is 14.4 Å². The molecule has 4 aliphatic heterocycles. The van der Waals surface area contributed by atoms with Gasteiger partial charge in [0, 0.05) is 75.6 Å². The van der Waals surface area contributed by atoms with E-state index in [1.54, 1.807) is 0 Å². The Bertz CT molecular complexity index is 1060. The lowest BCUT2D eigenvalue weighted by Crippen LogP contribution is -2.61. The summed E-state index contributed by atoms with van der Waals surface area (Å²) in [6.45, 7) is 11.8. The van der Waals surface area contributed by atoms with E-state index in [-0.39, 0.29) is 17.9 Å². The summed E-state index contributed by atoms with van der Waals surface area (Å²) in [5.41, 5.74) is 2.70. The number of hydrogen-bond acceptors (Lipinski definition) is 9. The highest BCUT2D eigenvalue weighted by atomic mass is 16.2. The van der Waals surface area contributed by atoms with E-state index in [2.05, 4.69) is 42.4 Å². The molecule has 1 aromatic rings. The van der Waals surface area contributed by atoms with Gasteiger partial charge in [0.25, 0.3) is 0 Å². The van der Waals surface area contributed by atoms with Crippen molar-refractivity contribution in [3.8, 4) is 0 Å². The quantitative estimate of drug-likeness (QED) is 0.265. The number of piperidine rings is 2. The molecule has 0 radical (unpaired) electrons. The number of hydrogen-bond donors (Lipinski definition) is 2. The highest BCUT2D eigenvalue weighted by Crippen LogP contribution is 2.25. The van der Waals surface area contributed by atoms with Gasteiger partial charge in [-0.2, -0.15) is 0 Å². The summed E-state index contributed by atoms with van der Waals surface area (Å²) in [5.74, 6) is -0.466. The molecule has 0 bridgehead atoms. The van der Waals surface area contributed by atoms with Gasteiger partial charge in [0.1, 0.15) is 6.29 Å². The molecule has 2 atom stereocenters. The van der Waals surface area contributed by atoms with Gasteiger partial charge in [-0.15, -0.1) is 0 Å². The molecule has 0 saturated carbocycles. The number of nitrogens with one attached hydrogen (secondary N) is 2. The minimum atomic E-state index is -0.365. The number of piperazine rings is 1. The van der Waals surface area contributed by atoms with E-state index >= 15 is 0 Å². The molecule has 232 valence electrons. The van der Waals surface area contributed by atoms with Gasteiger partial charge in [-0.3, -0.25) is 34.4 Å². The van der Waals surface area contributed by atoms with Gasteiger partial charge in [-0.25, -0.2) is 0 Å². The Morgan fingerprint density at radius 1 is 1.05 bits per heavy atom. The van der Waals surface area contributed by atoms with Gasteiger partial charge in [-0.1, -0.05) is 6.42 Å². The van der Waals surface area contributed by atoms with Gasteiger partial charge < -0.3 is 15.1 Å². The van der Waals surface area contributed by atoms with Crippen LogP contribution in [0.15, 0.2) is 18.2 Å². The fraction of sp³-hybridized carbons (Fsp3) is 0.719. The maximum absolute atomic E-state index is 12.4. The molecular formula is C32H51N7O3. The van der Waals surface area contributed by atoms with Crippen molar-refractivity contribution >= 4 is 23.8 Å². The lowest BCUT2D eigenvalue weighted by molar-refractivity contribution is -0.137. The normalized spacial score (nSPS) is 24.1. The fourth-order valence-electron chi connectivity index (χ4n) is 7.26. The second kappa shape index (κ2) is 14.9. The number of carbonyl (C=O) groups is 3. The number of imide groups is 1. The van der Waals surface area contributed by atoms with Crippen LogP contribution in [0.4, 0.5) is 5.69 Å². The minimum absolute atomic E-state index is 0.213. The molecule has 0 aromatic heterocycles. The minimum Gasteiger partial charge on any atom is -0.369 e. The van der Waals surface area contributed by atoms with Gasteiger partial charge in [0.2, 0.25) is 11.8 Å². The van der Waals surface area contributed by atoms with Gasteiger partial charge in [0.05, 0.1) is 6.04 Å². The van der Waals surface area contributed by atoms with E-state index in [0.29, 0.717) is 31.0 Å². The van der Waals surface area contributed by atoms with Crippen molar-refractivity contribution in [2.75, 3.05) is 84.4 Å².